The quantitative estimate of drug-likeness (QED) is 0.255. The van der Waals surface area contributed by atoms with Gasteiger partial charge in [-0.3, -0.25) is 4.79 Å². The van der Waals surface area contributed by atoms with Gasteiger partial charge in [0.25, 0.3) is 5.91 Å². The highest BCUT2D eigenvalue weighted by Gasteiger charge is 2.38. The van der Waals surface area contributed by atoms with E-state index in [9.17, 15) is 32.3 Å². The molecule has 5 nitrogen and oxygen atoms in total. The van der Waals surface area contributed by atoms with E-state index >= 15 is 0 Å². The van der Waals surface area contributed by atoms with Crippen molar-refractivity contribution in [2.24, 2.45) is 0 Å². The lowest BCUT2D eigenvalue weighted by Crippen LogP contribution is -2.30. The predicted molar refractivity (Wildman–Crippen MR) is 120 cm³/mol. The average molecular weight is 559 g/mol. The third-order valence-electron chi connectivity index (χ3n) is 4.36. The number of carboxylic acid groups (broad SMARTS) is 1. The van der Waals surface area contributed by atoms with Gasteiger partial charge < -0.3 is 15.2 Å². The summed E-state index contributed by atoms with van der Waals surface area (Å²) in [5, 5.41) is 10.5. The molecule has 0 radical (unpaired) electrons. The maximum absolute atomic E-state index is 14.3. The van der Waals surface area contributed by atoms with E-state index in [0.29, 0.717) is 28.1 Å². The summed E-state index contributed by atoms with van der Waals surface area (Å²) in [5.41, 5.74) is -3.51. The second kappa shape index (κ2) is 10.3. The summed E-state index contributed by atoms with van der Waals surface area (Å²) < 4.78 is 60.4. The second-order valence-electron chi connectivity index (χ2n) is 6.70. The number of hydrogen-bond acceptors (Lipinski definition) is 3. The van der Waals surface area contributed by atoms with Gasteiger partial charge in [0.15, 0.2) is 5.82 Å². The van der Waals surface area contributed by atoms with Crippen molar-refractivity contribution >= 4 is 45.5 Å². The Balaban J connectivity index is 1.87. The van der Waals surface area contributed by atoms with E-state index in [0.717, 1.165) is 6.08 Å². The maximum Gasteiger partial charge on any atom is 0.417 e. The van der Waals surface area contributed by atoms with Crippen molar-refractivity contribution in [2.45, 2.75) is 6.18 Å². The van der Waals surface area contributed by atoms with Crippen LogP contribution in [0.1, 0.15) is 21.5 Å². The first-order chi connectivity index (χ1) is 16.0. The summed E-state index contributed by atoms with van der Waals surface area (Å²) in [6.07, 6.45) is -4.08. The highest BCUT2D eigenvalue weighted by molar-refractivity contribution is 9.10. The lowest BCUT2D eigenvalue weighted by atomic mass is 10.1. The Morgan fingerprint density at radius 3 is 2.26 bits per heavy atom. The summed E-state index contributed by atoms with van der Waals surface area (Å²) in [4.78, 5) is 24.0. The molecule has 0 aliphatic heterocycles. The van der Waals surface area contributed by atoms with Crippen LogP contribution in [0.5, 0.6) is 11.5 Å². The first-order valence-electron chi connectivity index (χ1n) is 9.31. The SMILES string of the molecule is O=C(O)/C(=C\c1ccc(Oc2ccccc2Br)cc1)NC(=O)c1c(C(F)(F)F)ccc(Cl)c1F. The van der Waals surface area contributed by atoms with Gasteiger partial charge in [0.2, 0.25) is 0 Å². The molecule has 0 saturated carbocycles. The molecule has 34 heavy (non-hydrogen) atoms. The molecule has 3 rings (SSSR count). The monoisotopic (exact) mass is 557 g/mol. The minimum atomic E-state index is -5.07. The Bertz CT molecular complexity index is 1280. The first-order valence-corrected chi connectivity index (χ1v) is 10.5. The van der Waals surface area contributed by atoms with Gasteiger partial charge >= 0.3 is 12.1 Å². The number of halogens is 6. The molecule has 0 atom stereocenters. The molecule has 0 spiro atoms. The van der Waals surface area contributed by atoms with Crippen molar-refractivity contribution in [2.75, 3.05) is 0 Å². The molecule has 1 amide bonds. The van der Waals surface area contributed by atoms with Crippen LogP contribution < -0.4 is 10.1 Å². The minimum Gasteiger partial charge on any atom is -0.477 e. The standard InChI is InChI=1S/C23H13BrClF4NO4/c24-15-3-1-2-4-18(15)34-13-7-5-12(6-8-13)11-17(22(32)33)30-21(31)19-14(23(27,28)29)9-10-16(25)20(19)26/h1-11H,(H,30,31)(H,32,33)/b17-11+. The number of para-hydroxylation sites is 1. The fourth-order valence-electron chi connectivity index (χ4n) is 2.80. The van der Waals surface area contributed by atoms with Gasteiger partial charge in [-0.1, -0.05) is 35.9 Å². The van der Waals surface area contributed by atoms with E-state index in [1.807, 2.05) is 5.32 Å². The number of ether oxygens (including phenoxy) is 1. The van der Waals surface area contributed by atoms with E-state index < -0.39 is 45.7 Å². The number of aliphatic carboxylic acids is 1. The van der Waals surface area contributed by atoms with Gasteiger partial charge in [0.05, 0.1) is 20.6 Å². The number of carboxylic acids is 1. The molecule has 2 N–H and O–H groups in total. The highest BCUT2D eigenvalue weighted by Crippen LogP contribution is 2.35. The normalized spacial score (nSPS) is 11.8. The molecular formula is C23H13BrClF4NO4. The van der Waals surface area contributed by atoms with Crippen LogP contribution in [0.25, 0.3) is 6.08 Å². The van der Waals surface area contributed by atoms with E-state index in [1.165, 1.54) is 24.3 Å². The van der Waals surface area contributed by atoms with E-state index in [1.54, 1.807) is 24.3 Å². The Kier molecular flexibility index (Phi) is 7.63. The van der Waals surface area contributed by atoms with Gasteiger partial charge in [-0.15, -0.1) is 0 Å². The summed E-state index contributed by atoms with van der Waals surface area (Å²) in [5.74, 6) is -3.94. The zero-order valence-corrected chi connectivity index (χ0v) is 19.1. The Hall–Kier alpha value is -3.37. The Morgan fingerprint density at radius 2 is 1.68 bits per heavy atom. The van der Waals surface area contributed by atoms with Crippen molar-refractivity contribution in [1.29, 1.82) is 0 Å². The van der Waals surface area contributed by atoms with Crippen LogP contribution in [0.4, 0.5) is 17.6 Å². The van der Waals surface area contributed by atoms with Crippen LogP contribution in [0.15, 0.2) is 70.8 Å². The molecule has 0 aliphatic rings. The van der Waals surface area contributed by atoms with Crippen LogP contribution in [0.2, 0.25) is 5.02 Å². The Morgan fingerprint density at radius 1 is 1.03 bits per heavy atom. The minimum absolute atomic E-state index is 0.278. The van der Waals surface area contributed by atoms with E-state index in [2.05, 4.69) is 15.9 Å². The van der Waals surface area contributed by atoms with E-state index in [4.69, 9.17) is 16.3 Å². The molecule has 0 unspecified atom stereocenters. The second-order valence-corrected chi connectivity index (χ2v) is 7.96. The molecule has 0 saturated heterocycles. The van der Waals surface area contributed by atoms with Crippen LogP contribution in [-0.2, 0) is 11.0 Å². The van der Waals surface area contributed by atoms with Gasteiger partial charge in [0, 0.05) is 0 Å². The molecule has 0 fully saturated rings. The predicted octanol–water partition coefficient (Wildman–Crippen LogP) is 6.91. The molecule has 0 aliphatic carbocycles. The molecule has 176 valence electrons. The fraction of sp³-hybridized carbons (Fsp3) is 0.0435. The lowest BCUT2D eigenvalue weighted by molar-refractivity contribution is -0.138. The van der Waals surface area contributed by atoms with Crippen molar-refractivity contribution in [3.05, 3.63) is 98.4 Å². The lowest BCUT2D eigenvalue weighted by Gasteiger charge is -2.14. The largest absolute Gasteiger partial charge is 0.477 e. The molecule has 3 aromatic carbocycles. The molecule has 3 aromatic rings. The highest BCUT2D eigenvalue weighted by atomic mass is 79.9. The fourth-order valence-corrected chi connectivity index (χ4v) is 3.32. The van der Waals surface area contributed by atoms with Crippen molar-refractivity contribution in [3.63, 3.8) is 0 Å². The maximum atomic E-state index is 14.3. The van der Waals surface area contributed by atoms with Crippen LogP contribution >= 0.6 is 27.5 Å². The third-order valence-corrected chi connectivity index (χ3v) is 5.31. The summed E-state index contributed by atoms with van der Waals surface area (Å²) in [6.45, 7) is 0. The molecule has 0 aromatic heterocycles. The number of nitrogens with one attached hydrogen (secondary N) is 1. The number of amides is 1. The smallest absolute Gasteiger partial charge is 0.417 e. The van der Waals surface area contributed by atoms with Crippen LogP contribution in [0.3, 0.4) is 0 Å². The molecular weight excluding hydrogens is 546 g/mol. The van der Waals surface area contributed by atoms with Gasteiger partial charge in [-0.25, -0.2) is 9.18 Å². The number of benzene rings is 3. The van der Waals surface area contributed by atoms with Gasteiger partial charge in [-0.2, -0.15) is 13.2 Å². The van der Waals surface area contributed by atoms with Gasteiger partial charge in [0.1, 0.15) is 17.2 Å². The van der Waals surface area contributed by atoms with Crippen LogP contribution in [0, 0.1) is 5.82 Å². The number of hydrogen-bond donors (Lipinski definition) is 2. The van der Waals surface area contributed by atoms with Crippen molar-refractivity contribution in [3.8, 4) is 11.5 Å². The molecule has 0 heterocycles. The topological polar surface area (TPSA) is 75.6 Å². The zero-order chi connectivity index (χ0) is 25.0. The van der Waals surface area contributed by atoms with Gasteiger partial charge in [-0.05, 0) is 64.0 Å². The van der Waals surface area contributed by atoms with Crippen molar-refractivity contribution in [1.82, 2.24) is 5.32 Å². The molecule has 0 bridgehead atoms. The summed E-state index contributed by atoms with van der Waals surface area (Å²) >= 11 is 8.86. The third kappa shape index (κ3) is 5.95. The number of carbonyl (C=O) groups is 2. The zero-order valence-electron chi connectivity index (χ0n) is 16.8. The van der Waals surface area contributed by atoms with E-state index in [-0.39, 0.29) is 5.56 Å². The average Bonchev–Trinajstić information content (AvgIpc) is 2.77. The number of carbonyl (C=O) groups excluding carboxylic acids is 1. The first kappa shape index (κ1) is 25.3. The summed E-state index contributed by atoms with van der Waals surface area (Å²) in [7, 11) is 0. The Labute approximate surface area is 203 Å². The van der Waals surface area contributed by atoms with Crippen molar-refractivity contribution < 1.29 is 37.0 Å². The van der Waals surface area contributed by atoms with Crippen LogP contribution in [-0.4, -0.2) is 17.0 Å². The summed E-state index contributed by atoms with van der Waals surface area (Å²) in [6, 6.07) is 14.1. The number of alkyl halides is 3. The molecule has 11 heteroatoms. The number of rotatable bonds is 6.